The van der Waals surface area contributed by atoms with Gasteiger partial charge in [0.15, 0.2) is 0 Å². The second kappa shape index (κ2) is 13.3. The largest absolute Gasteiger partial charge is 0.370 e. The van der Waals surface area contributed by atoms with E-state index in [1.807, 2.05) is 0 Å². The lowest BCUT2D eigenvalue weighted by atomic mass is 10.1. The molecule has 132 valence electrons. The van der Waals surface area contributed by atoms with Gasteiger partial charge in [-0.1, -0.05) is 71.6 Å². The first kappa shape index (κ1) is 19.9. The molecule has 0 spiro atoms. The molecule has 1 heterocycles. The molecule has 0 aliphatic heterocycles. The molecular weight excluding hydrogens is 282 g/mol. The molecule has 0 amide bonds. The normalized spacial score (nSPS) is 10.9. The molecule has 1 N–H and O–H groups in total. The Labute approximate surface area is 143 Å². The molecule has 0 unspecified atom stereocenters. The van der Waals surface area contributed by atoms with Gasteiger partial charge in [-0.15, -0.1) is 0 Å². The van der Waals surface area contributed by atoms with E-state index in [0.29, 0.717) is 0 Å². The Balaban J connectivity index is 2.24. The van der Waals surface area contributed by atoms with Crippen LogP contribution in [0.4, 0.5) is 5.82 Å². The zero-order chi connectivity index (χ0) is 16.8. The summed E-state index contributed by atoms with van der Waals surface area (Å²) in [5, 5.41) is 3.48. The predicted molar refractivity (Wildman–Crippen MR) is 101 cm³/mol. The predicted octanol–water partition coefficient (Wildman–Crippen LogP) is 6.07. The van der Waals surface area contributed by atoms with E-state index in [9.17, 15) is 0 Å². The molecule has 0 aliphatic rings. The maximum Gasteiger partial charge on any atom is 0.130 e. The highest BCUT2D eigenvalue weighted by Gasteiger charge is 2.02. The van der Waals surface area contributed by atoms with E-state index in [-0.39, 0.29) is 0 Å². The van der Waals surface area contributed by atoms with E-state index < -0.39 is 0 Å². The van der Waals surface area contributed by atoms with Crippen molar-refractivity contribution in [3.63, 3.8) is 0 Å². The molecule has 0 aromatic carbocycles. The minimum Gasteiger partial charge on any atom is -0.370 e. The maximum atomic E-state index is 4.68. The van der Waals surface area contributed by atoms with Crippen LogP contribution in [-0.2, 0) is 6.42 Å². The van der Waals surface area contributed by atoms with Crippen molar-refractivity contribution in [1.29, 1.82) is 0 Å². The quantitative estimate of drug-likeness (QED) is 0.423. The van der Waals surface area contributed by atoms with Gasteiger partial charge in [-0.05, 0) is 19.8 Å². The molecule has 1 rings (SSSR count). The minimum absolute atomic E-state index is 1.01. The van der Waals surface area contributed by atoms with Gasteiger partial charge in [-0.2, -0.15) is 0 Å². The number of aromatic nitrogens is 2. The molecule has 1 aromatic heterocycles. The van der Waals surface area contributed by atoms with E-state index in [4.69, 9.17) is 0 Å². The third-order valence-corrected chi connectivity index (χ3v) is 4.24. The van der Waals surface area contributed by atoms with Crippen molar-refractivity contribution in [2.75, 3.05) is 11.9 Å². The van der Waals surface area contributed by atoms with Crippen LogP contribution in [0.15, 0.2) is 6.07 Å². The van der Waals surface area contributed by atoms with Gasteiger partial charge in [-0.3, -0.25) is 0 Å². The van der Waals surface area contributed by atoms with Crippen LogP contribution >= 0.6 is 0 Å². The Morgan fingerprint density at radius 2 is 1.39 bits per heavy atom. The lowest BCUT2D eigenvalue weighted by Gasteiger charge is -2.09. The van der Waals surface area contributed by atoms with Crippen molar-refractivity contribution in [2.24, 2.45) is 0 Å². The van der Waals surface area contributed by atoms with Crippen molar-refractivity contribution < 1.29 is 0 Å². The monoisotopic (exact) mass is 319 g/mol. The first-order valence-corrected chi connectivity index (χ1v) is 9.84. The standard InChI is InChI=1S/C20H37N3/c1-4-6-8-10-12-14-16-21-20-17-18(3)22-19(23-20)15-13-11-9-7-5-2/h17H,4-16H2,1-3H3,(H,21,22,23). The summed E-state index contributed by atoms with van der Waals surface area (Å²) >= 11 is 0. The van der Waals surface area contributed by atoms with Crippen molar-refractivity contribution >= 4 is 5.82 Å². The average molecular weight is 320 g/mol. The molecule has 3 nitrogen and oxygen atoms in total. The van der Waals surface area contributed by atoms with Crippen LogP contribution in [0.5, 0.6) is 0 Å². The molecule has 0 atom stereocenters. The number of hydrogen-bond donors (Lipinski definition) is 1. The number of rotatable bonds is 14. The van der Waals surface area contributed by atoms with Crippen LogP contribution < -0.4 is 5.32 Å². The molecule has 3 heteroatoms. The third kappa shape index (κ3) is 10.3. The summed E-state index contributed by atoms with van der Waals surface area (Å²) in [5.41, 5.74) is 1.08. The Hall–Kier alpha value is -1.12. The highest BCUT2D eigenvalue weighted by Crippen LogP contribution is 2.11. The second-order valence-corrected chi connectivity index (χ2v) is 6.67. The third-order valence-electron chi connectivity index (χ3n) is 4.24. The zero-order valence-corrected chi connectivity index (χ0v) is 15.7. The minimum atomic E-state index is 1.01. The van der Waals surface area contributed by atoms with Crippen LogP contribution in [0.25, 0.3) is 0 Å². The van der Waals surface area contributed by atoms with Crippen LogP contribution in [-0.4, -0.2) is 16.5 Å². The number of aryl methyl sites for hydroxylation is 2. The summed E-state index contributed by atoms with van der Waals surface area (Å²) in [6.07, 6.45) is 15.5. The van der Waals surface area contributed by atoms with Gasteiger partial charge < -0.3 is 5.32 Å². The van der Waals surface area contributed by atoms with E-state index in [1.54, 1.807) is 0 Å². The summed E-state index contributed by atoms with van der Waals surface area (Å²) < 4.78 is 0. The van der Waals surface area contributed by atoms with Gasteiger partial charge >= 0.3 is 0 Å². The number of unbranched alkanes of at least 4 members (excludes halogenated alkanes) is 9. The van der Waals surface area contributed by atoms with Gasteiger partial charge in [0, 0.05) is 24.7 Å². The SMILES string of the molecule is CCCCCCCCNc1cc(C)nc(CCCCCCC)n1. The highest BCUT2D eigenvalue weighted by molar-refractivity contribution is 5.35. The Kier molecular flexibility index (Phi) is 11.5. The Bertz CT molecular complexity index is 404. The molecule has 0 saturated heterocycles. The molecule has 23 heavy (non-hydrogen) atoms. The van der Waals surface area contributed by atoms with Gasteiger partial charge in [0.1, 0.15) is 11.6 Å². The number of nitrogens with one attached hydrogen (secondary N) is 1. The van der Waals surface area contributed by atoms with Crippen molar-refractivity contribution in [3.05, 3.63) is 17.6 Å². The second-order valence-electron chi connectivity index (χ2n) is 6.67. The highest BCUT2D eigenvalue weighted by atomic mass is 15.0. The maximum absolute atomic E-state index is 4.68. The summed E-state index contributed by atoms with van der Waals surface area (Å²) in [5.74, 6) is 2.02. The fraction of sp³-hybridized carbons (Fsp3) is 0.800. The lowest BCUT2D eigenvalue weighted by Crippen LogP contribution is -2.07. The van der Waals surface area contributed by atoms with Crippen LogP contribution in [0.2, 0.25) is 0 Å². The van der Waals surface area contributed by atoms with E-state index in [0.717, 1.165) is 30.3 Å². The van der Waals surface area contributed by atoms with E-state index >= 15 is 0 Å². The summed E-state index contributed by atoms with van der Waals surface area (Å²) in [6, 6.07) is 2.07. The zero-order valence-electron chi connectivity index (χ0n) is 15.7. The van der Waals surface area contributed by atoms with Gasteiger partial charge in [0.2, 0.25) is 0 Å². The van der Waals surface area contributed by atoms with Crippen LogP contribution in [0.1, 0.15) is 96.0 Å². The van der Waals surface area contributed by atoms with Crippen molar-refractivity contribution in [2.45, 2.75) is 97.8 Å². The molecule has 0 radical (unpaired) electrons. The summed E-state index contributed by atoms with van der Waals surface area (Å²) in [7, 11) is 0. The van der Waals surface area contributed by atoms with Gasteiger partial charge in [0.25, 0.3) is 0 Å². The topological polar surface area (TPSA) is 37.8 Å². The lowest BCUT2D eigenvalue weighted by molar-refractivity contribution is 0.615. The first-order valence-electron chi connectivity index (χ1n) is 9.84. The number of hydrogen-bond acceptors (Lipinski definition) is 3. The molecule has 0 saturated carbocycles. The molecule has 0 bridgehead atoms. The van der Waals surface area contributed by atoms with E-state index in [2.05, 4.69) is 42.1 Å². The van der Waals surface area contributed by atoms with Crippen LogP contribution in [0, 0.1) is 6.92 Å². The fourth-order valence-electron chi connectivity index (χ4n) is 2.84. The number of nitrogens with zero attached hydrogens (tertiary/aromatic N) is 2. The van der Waals surface area contributed by atoms with Gasteiger partial charge in [-0.25, -0.2) is 9.97 Å². The summed E-state index contributed by atoms with van der Waals surface area (Å²) in [4.78, 5) is 9.26. The number of anilines is 1. The Morgan fingerprint density at radius 1 is 0.783 bits per heavy atom. The van der Waals surface area contributed by atoms with Crippen molar-refractivity contribution in [1.82, 2.24) is 9.97 Å². The summed E-state index contributed by atoms with van der Waals surface area (Å²) in [6.45, 7) is 7.61. The van der Waals surface area contributed by atoms with Gasteiger partial charge in [0.05, 0.1) is 0 Å². The van der Waals surface area contributed by atoms with E-state index in [1.165, 1.54) is 70.6 Å². The molecule has 1 aromatic rings. The van der Waals surface area contributed by atoms with Crippen LogP contribution in [0.3, 0.4) is 0 Å². The first-order chi connectivity index (χ1) is 11.3. The molecule has 0 aliphatic carbocycles. The average Bonchev–Trinajstić information content (AvgIpc) is 2.53. The molecular formula is C20H37N3. The van der Waals surface area contributed by atoms with Crippen molar-refractivity contribution in [3.8, 4) is 0 Å². The smallest absolute Gasteiger partial charge is 0.130 e. The Morgan fingerprint density at radius 3 is 2.09 bits per heavy atom. The molecule has 0 fully saturated rings. The fourth-order valence-corrected chi connectivity index (χ4v) is 2.84.